The van der Waals surface area contributed by atoms with Gasteiger partial charge < -0.3 is 5.32 Å². The molecule has 0 radical (unpaired) electrons. The molecule has 0 aliphatic carbocycles. The van der Waals surface area contributed by atoms with Gasteiger partial charge in [-0.1, -0.05) is 22.9 Å². The first-order valence-corrected chi connectivity index (χ1v) is 7.83. The quantitative estimate of drug-likeness (QED) is 0.886. The van der Waals surface area contributed by atoms with Crippen LogP contribution in [0.4, 0.5) is 4.39 Å². The average molecular weight is 329 g/mol. The van der Waals surface area contributed by atoms with Crippen LogP contribution in [0.5, 0.6) is 0 Å². The van der Waals surface area contributed by atoms with Crippen LogP contribution in [0.3, 0.4) is 0 Å². The van der Waals surface area contributed by atoms with Crippen molar-refractivity contribution >= 4 is 15.9 Å². The molecule has 19 heavy (non-hydrogen) atoms. The van der Waals surface area contributed by atoms with Crippen molar-refractivity contribution in [1.29, 1.82) is 0 Å². The van der Waals surface area contributed by atoms with Crippen molar-refractivity contribution in [2.24, 2.45) is 0 Å². The van der Waals surface area contributed by atoms with Gasteiger partial charge >= 0.3 is 0 Å². The minimum Gasteiger partial charge on any atom is -0.309 e. The van der Waals surface area contributed by atoms with Crippen molar-refractivity contribution in [3.8, 4) is 0 Å². The van der Waals surface area contributed by atoms with E-state index < -0.39 is 0 Å². The first-order chi connectivity index (χ1) is 9.11. The Morgan fingerprint density at radius 2 is 2.32 bits per heavy atom. The van der Waals surface area contributed by atoms with Crippen molar-refractivity contribution in [3.63, 3.8) is 0 Å². The second kappa shape index (κ2) is 6.82. The van der Waals surface area contributed by atoms with Gasteiger partial charge in [-0.2, -0.15) is 0 Å². The molecule has 0 aromatic heterocycles. The molecule has 2 unspecified atom stereocenters. The highest BCUT2D eigenvalue weighted by molar-refractivity contribution is 9.10. The van der Waals surface area contributed by atoms with Crippen LogP contribution in [0.15, 0.2) is 22.7 Å². The van der Waals surface area contributed by atoms with Crippen molar-refractivity contribution in [3.05, 3.63) is 34.1 Å². The Bertz CT molecular complexity index is 425. The average Bonchev–Trinajstić information content (AvgIpc) is 2.86. The number of likely N-dealkylation sites (N-methyl/N-ethyl adjacent to an activating group) is 1. The smallest absolute Gasteiger partial charge is 0.128 e. The van der Waals surface area contributed by atoms with Gasteiger partial charge in [0.1, 0.15) is 5.82 Å². The number of nitrogens with zero attached hydrogens (tertiary/aromatic N) is 1. The van der Waals surface area contributed by atoms with Crippen molar-refractivity contribution < 1.29 is 4.39 Å². The molecule has 1 aromatic rings. The van der Waals surface area contributed by atoms with E-state index in [0.29, 0.717) is 6.04 Å². The molecule has 2 rings (SSSR count). The molecule has 4 heteroatoms. The molecule has 2 atom stereocenters. The fraction of sp³-hybridized carbons (Fsp3) is 0.600. The zero-order chi connectivity index (χ0) is 13.8. The topological polar surface area (TPSA) is 15.3 Å². The number of nitrogens with one attached hydrogen (secondary N) is 1. The zero-order valence-corrected chi connectivity index (χ0v) is 13.2. The number of rotatable bonds is 5. The molecular weight excluding hydrogens is 307 g/mol. The number of hydrogen-bond donors (Lipinski definition) is 1. The molecule has 1 heterocycles. The van der Waals surface area contributed by atoms with Gasteiger partial charge in [0.25, 0.3) is 0 Å². The van der Waals surface area contributed by atoms with Crippen LogP contribution < -0.4 is 5.32 Å². The summed E-state index contributed by atoms with van der Waals surface area (Å²) in [6.45, 7) is 7.46. The lowest BCUT2D eigenvalue weighted by Gasteiger charge is -2.25. The van der Waals surface area contributed by atoms with Gasteiger partial charge in [0.05, 0.1) is 0 Å². The summed E-state index contributed by atoms with van der Waals surface area (Å²) < 4.78 is 14.7. The third-order valence-electron chi connectivity index (χ3n) is 3.99. The summed E-state index contributed by atoms with van der Waals surface area (Å²) in [4.78, 5) is 2.50. The van der Waals surface area contributed by atoms with E-state index in [1.165, 1.54) is 25.5 Å². The van der Waals surface area contributed by atoms with E-state index in [9.17, 15) is 4.39 Å². The Labute approximate surface area is 123 Å². The summed E-state index contributed by atoms with van der Waals surface area (Å²) in [5.41, 5.74) is 0.732. The second-order valence-corrected chi connectivity index (χ2v) is 6.14. The van der Waals surface area contributed by atoms with E-state index in [2.05, 4.69) is 33.1 Å². The first kappa shape index (κ1) is 14.9. The van der Waals surface area contributed by atoms with E-state index in [-0.39, 0.29) is 11.9 Å². The van der Waals surface area contributed by atoms with Gasteiger partial charge in [0.15, 0.2) is 0 Å². The molecule has 0 amide bonds. The standard InChI is InChI=1S/C15H22BrFN2/c1-3-19-8-4-5-13(19)10-18-11(2)14-9-12(16)6-7-15(14)17/h6-7,9,11,13,18H,3-5,8,10H2,1-2H3. The lowest BCUT2D eigenvalue weighted by molar-refractivity contribution is 0.255. The van der Waals surface area contributed by atoms with Crippen molar-refractivity contribution in [2.75, 3.05) is 19.6 Å². The molecule has 1 fully saturated rings. The maximum Gasteiger partial charge on any atom is 0.128 e. The molecule has 106 valence electrons. The third-order valence-corrected chi connectivity index (χ3v) is 4.48. The van der Waals surface area contributed by atoms with Crippen molar-refractivity contribution in [1.82, 2.24) is 10.2 Å². The fourth-order valence-corrected chi connectivity index (χ4v) is 3.19. The minimum absolute atomic E-state index is 0.0387. The van der Waals surface area contributed by atoms with Crippen LogP contribution in [-0.2, 0) is 0 Å². The van der Waals surface area contributed by atoms with Gasteiger partial charge in [0, 0.05) is 28.7 Å². The van der Waals surface area contributed by atoms with Crippen molar-refractivity contribution in [2.45, 2.75) is 38.8 Å². The van der Waals surface area contributed by atoms with Gasteiger partial charge in [-0.25, -0.2) is 4.39 Å². The lowest BCUT2D eigenvalue weighted by atomic mass is 10.1. The Hall–Kier alpha value is -0.450. The SMILES string of the molecule is CCN1CCCC1CNC(C)c1cc(Br)ccc1F. The normalized spacial score (nSPS) is 21.8. The van der Waals surface area contributed by atoms with Gasteiger partial charge in [-0.15, -0.1) is 0 Å². The summed E-state index contributed by atoms with van der Waals surface area (Å²) in [7, 11) is 0. The first-order valence-electron chi connectivity index (χ1n) is 7.04. The van der Waals surface area contributed by atoms with Gasteiger partial charge in [0.2, 0.25) is 0 Å². The van der Waals surface area contributed by atoms with E-state index in [1.807, 2.05) is 13.0 Å². The number of likely N-dealkylation sites (tertiary alicyclic amines) is 1. The van der Waals surface area contributed by atoms with Gasteiger partial charge in [-0.05, 0) is 51.1 Å². The van der Waals surface area contributed by atoms with Crippen LogP contribution in [0.25, 0.3) is 0 Å². The maximum atomic E-state index is 13.8. The number of hydrogen-bond acceptors (Lipinski definition) is 2. The van der Waals surface area contributed by atoms with E-state index in [1.54, 1.807) is 6.07 Å². The van der Waals surface area contributed by atoms with E-state index >= 15 is 0 Å². The maximum absolute atomic E-state index is 13.8. The highest BCUT2D eigenvalue weighted by Crippen LogP contribution is 2.22. The molecule has 0 saturated carbocycles. The number of benzene rings is 1. The van der Waals surface area contributed by atoms with Crippen LogP contribution in [0, 0.1) is 5.82 Å². The number of halogens is 2. The fourth-order valence-electron chi connectivity index (χ4n) is 2.81. The Kier molecular flexibility index (Phi) is 5.37. The molecular formula is C15H22BrFN2. The van der Waals surface area contributed by atoms with Crippen LogP contribution in [0.2, 0.25) is 0 Å². The molecule has 0 bridgehead atoms. The summed E-state index contributed by atoms with van der Waals surface area (Å²) in [5, 5.41) is 3.47. The van der Waals surface area contributed by atoms with Gasteiger partial charge in [-0.3, -0.25) is 4.90 Å². The monoisotopic (exact) mass is 328 g/mol. The molecule has 1 saturated heterocycles. The highest BCUT2D eigenvalue weighted by Gasteiger charge is 2.23. The third kappa shape index (κ3) is 3.77. The zero-order valence-electron chi connectivity index (χ0n) is 11.6. The highest BCUT2D eigenvalue weighted by atomic mass is 79.9. The van der Waals surface area contributed by atoms with Crippen LogP contribution in [-0.4, -0.2) is 30.6 Å². The molecule has 1 aromatic carbocycles. The predicted octanol–water partition coefficient (Wildman–Crippen LogP) is 3.72. The minimum atomic E-state index is -0.137. The molecule has 2 nitrogen and oxygen atoms in total. The Morgan fingerprint density at radius 1 is 1.53 bits per heavy atom. The molecule has 1 aliphatic rings. The molecule has 1 N–H and O–H groups in total. The Morgan fingerprint density at radius 3 is 3.05 bits per heavy atom. The molecule has 0 spiro atoms. The summed E-state index contributed by atoms with van der Waals surface area (Å²) in [6, 6.07) is 5.76. The summed E-state index contributed by atoms with van der Waals surface area (Å²) >= 11 is 3.40. The molecule has 1 aliphatic heterocycles. The summed E-state index contributed by atoms with van der Waals surface area (Å²) in [5.74, 6) is -0.137. The Balaban J connectivity index is 1.93. The van der Waals surface area contributed by atoms with Crippen LogP contribution >= 0.6 is 15.9 Å². The second-order valence-electron chi connectivity index (χ2n) is 5.22. The largest absolute Gasteiger partial charge is 0.309 e. The lowest BCUT2D eigenvalue weighted by Crippen LogP contribution is -2.38. The van der Waals surface area contributed by atoms with E-state index in [4.69, 9.17) is 0 Å². The predicted molar refractivity (Wildman–Crippen MR) is 80.8 cm³/mol. The van der Waals surface area contributed by atoms with E-state index in [0.717, 1.165) is 23.1 Å². The van der Waals surface area contributed by atoms with Crippen LogP contribution in [0.1, 0.15) is 38.3 Å². The summed E-state index contributed by atoms with van der Waals surface area (Å²) in [6.07, 6.45) is 2.52.